The van der Waals surface area contributed by atoms with Crippen LogP contribution in [0.25, 0.3) is 0 Å². The molecular weight excluding hydrogens is 387 g/mol. The summed E-state index contributed by atoms with van der Waals surface area (Å²) in [6.07, 6.45) is 5.21. The third-order valence-corrected chi connectivity index (χ3v) is 4.58. The van der Waals surface area contributed by atoms with E-state index in [-0.39, 0.29) is 24.0 Å². The van der Waals surface area contributed by atoms with Gasteiger partial charge in [0.25, 0.3) is 0 Å². The van der Waals surface area contributed by atoms with Crippen LogP contribution in [0.1, 0.15) is 46.5 Å². The van der Waals surface area contributed by atoms with Gasteiger partial charge in [0.1, 0.15) is 0 Å². The molecular formula is C17H35IN4. The molecule has 0 radical (unpaired) electrons. The minimum absolute atomic E-state index is 0. The SMILES string of the molecule is CCNC(=NCCCN1CC(C)CC(C)C1)N1CCCC1.I. The van der Waals surface area contributed by atoms with Crippen molar-refractivity contribution in [3.8, 4) is 0 Å². The summed E-state index contributed by atoms with van der Waals surface area (Å²) in [5, 5.41) is 3.44. The number of nitrogens with one attached hydrogen (secondary N) is 1. The van der Waals surface area contributed by atoms with Gasteiger partial charge in [0.2, 0.25) is 0 Å². The highest BCUT2D eigenvalue weighted by atomic mass is 127. The highest BCUT2D eigenvalue weighted by molar-refractivity contribution is 14.0. The van der Waals surface area contributed by atoms with Crippen molar-refractivity contribution >= 4 is 29.9 Å². The molecule has 0 bridgehead atoms. The van der Waals surface area contributed by atoms with Crippen molar-refractivity contribution in [3.63, 3.8) is 0 Å². The first-order chi connectivity index (χ1) is 10.2. The van der Waals surface area contributed by atoms with E-state index in [1.807, 2.05) is 0 Å². The molecule has 0 saturated carbocycles. The second-order valence-corrected chi connectivity index (χ2v) is 6.99. The molecule has 2 heterocycles. The van der Waals surface area contributed by atoms with Crippen LogP contribution in [0.3, 0.4) is 0 Å². The number of aliphatic imine (C=N–C) groups is 1. The monoisotopic (exact) mass is 422 g/mol. The fraction of sp³-hybridized carbons (Fsp3) is 0.941. The smallest absolute Gasteiger partial charge is 0.193 e. The maximum absolute atomic E-state index is 4.82. The Bertz CT molecular complexity index is 319. The summed E-state index contributed by atoms with van der Waals surface area (Å²) in [4.78, 5) is 9.87. The number of likely N-dealkylation sites (tertiary alicyclic amines) is 2. The quantitative estimate of drug-likeness (QED) is 0.320. The lowest BCUT2D eigenvalue weighted by molar-refractivity contribution is 0.140. The number of nitrogens with zero attached hydrogens (tertiary/aromatic N) is 3. The van der Waals surface area contributed by atoms with Gasteiger partial charge in [0.05, 0.1) is 0 Å². The Hall–Kier alpha value is -0.0400. The average Bonchev–Trinajstić information content (AvgIpc) is 2.95. The molecule has 4 nitrogen and oxygen atoms in total. The summed E-state index contributed by atoms with van der Waals surface area (Å²) in [5.41, 5.74) is 0. The van der Waals surface area contributed by atoms with Crippen LogP contribution in [0.5, 0.6) is 0 Å². The van der Waals surface area contributed by atoms with Crippen LogP contribution in [-0.2, 0) is 0 Å². The summed E-state index contributed by atoms with van der Waals surface area (Å²) in [7, 11) is 0. The molecule has 0 spiro atoms. The third kappa shape index (κ3) is 6.60. The van der Waals surface area contributed by atoms with Crippen molar-refractivity contribution in [3.05, 3.63) is 0 Å². The highest BCUT2D eigenvalue weighted by Gasteiger charge is 2.21. The third-order valence-electron chi connectivity index (χ3n) is 4.58. The van der Waals surface area contributed by atoms with Crippen LogP contribution in [-0.4, -0.2) is 61.6 Å². The number of hydrogen-bond donors (Lipinski definition) is 1. The first-order valence-electron chi connectivity index (χ1n) is 8.94. The molecule has 1 N–H and O–H groups in total. The Morgan fingerprint density at radius 3 is 2.36 bits per heavy atom. The van der Waals surface area contributed by atoms with Gasteiger partial charge in [-0.25, -0.2) is 0 Å². The molecule has 0 aliphatic carbocycles. The number of piperidine rings is 1. The largest absolute Gasteiger partial charge is 0.357 e. The second-order valence-electron chi connectivity index (χ2n) is 6.99. The molecule has 2 saturated heterocycles. The maximum atomic E-state index is 4.82. The van der Waals surface area contributed by atoms with Gasteiger partial charge in [-0.2, -0.15) is 0 Å². The van der Waals surface area contributed by atoms with E-state index in [1.54, 1.807) is 0 Å². The zero-order valence-corrected chi connectivity index (χ0v) is 17.0. The summed E-state index contributed by atoms with van der Waals surface area (Å²) in [5.74, 6) is 2.86. The molecule has 130 valence electrons. The lowest BCUT2D eigenvalue weighted by Crippen LogP contribution is -2.40. The van der Waals surface area contributed by atoms with Crippen LogP contribution in [0, 0.1) is 11.8 Å². The normalized spacial score (nSPS) is 26.9. The molecule has 22 heavy (non-hydrogen) atoms. The topological polar surface area (TPSA) is 30.9 Å². The second kappa shape index (κ2) is 10.7. The lowest BCUT2D eigenvalue weighted by atomic mass is 9.92. The minimum Gasteiger partial charge on any atom is -0.357 e. The molecule has 0 amide bonds. The molecule has 2 aliphatic heterocycles. The van der Waals surface area contributed by atoms with E-state index in [4.69, 9.17) is 4.99 Å². The Morgan fingerprint density at radius 1 is 1.14 bits per heavy atom. The fourth-order valence-corrected chi connectivity index (χ4v) is 3.81. The van der Waals surface area contributed by atoms with E-state index >= 15 is 0 Å². The predicted octanol–water partition coefficient (Wildman–Crippen LogP) is 3.03. The summed E-state index contributed by atoms with van der Waals surface area (Å²) < 4.78 is 0. The van der Waals surface area contributed by atoms with Crippen LogP contribution in [0.2, 0.25) is 0 Å². The van der Waals surface area contributed by atoms with Gasteiger partial charge in [-0.1, -0.05) is 13.8 Å². The molecule has 5 heteroatoms. The van der Waals surface area contributed by atoms with Gasteiger partial charge in [-0.05, 0) is 51.0 Å². The summed E-state index contributed by atoms with van der Waals surface area (Å²) in [6, 6.07) is 0. The van der Waals surface area contributed by atoms with Crippen molar-refractivity contribution in [2.75, 3.05) is 45.8 Å². The van der Waals surface area contributed by atoms with Gasteiger partial charge in [0, 0.05) is 39.3 Å². The molecule has 2 aliphatic rings. The molecule has 0 aromatic heterocycles. The van der Waals surface area contributed by atoms with E-state index in [0.29, 0.717) is 0 Å². The van der Waals surface area contributed by atoms with Gasteiger partial charge >= 0.3 is 0 Å². The van der Waals surface area contributed by atoms with Crippen molar-refractivity contribution in [2.45, 2.75) is 46.5 Å². The summed E-state index contributed by atoms with van der Waals surface area (Å²) >= 11 is 0. The van der Waals surface area contributed by atoms with E-state index < -0.39 is 0 Å². The number of hydrogen-bond acceptors (Lipinski definition) is 2. The van der Waals surface area contributed by atoms with Crippen molar-refractivity contribution < 1.29 is 0 Å². The number of rotatable bonds is 5. The zero-order valence-electron chi connectivity index (χ0n) is 14.7. The van der Waals surface area contributed by atoms with E-state index in [2.05, 4.69) is 35.9 Å². The Balaban J connectivity index is 0.00000242. The van der Waals surface area contributed by atoms with Crippen molar-refractivity contribution in [2.24, 2.45) is 16.8 Å². The van der Waals surface area contributed by atoms with Gasteiger partial charge in [-0.3, -0.25) is 4.99 Å². The Kier molecular flexibility index (Phi) is 9.71. The average molecular weight is 422 g/mol. The van der Waals surface area contributed by atoms with E-state index in [9.17, 15) is 0 Å². The predicted molar refractivity (Wildman–Crippen MR) is 106 cm³/mol. The van der Waals surface area contributed by atoms with E-state index in [1.165, 1.54) is 58.4 Å². The summed E-state index contributed by atoms with van der Waals surface area (Å²) in [6.45, 7) is 15.0. The zero-order chi connectivity index (χ0) is 15.1. The molecule has 2 atom stereocenters. The molecule has 2 unspecified atom stereocenters. The molecule has 2 fully saturated rings. The standard InChI is InChI=1S/C17H34N4.HI/c1-4-18-17(21-10-5-6-11-21)19-8-7-9-20-13-15(2)12-16(3)14-20;/h15-16H,4-14H2,1-3H3,(H,18,19);1H. The Labute approximate surface area is 154 Å². The van der Waals surface area contributed by atoms with Gasteiger partial charge in [-0.15, -0.1) is 24.0 Å². The highest BCUT2D eigenvalue weighted by Crippen LogP contribution is 2.20. The van der Waals surface area contributed by atoms with Crippen LogP contribution in [0.4, 0.5) is 0 Å². The molecule has 0 aromatic rings. The lowest BCUT2D eigenvalue weighted by Gasteiger charge is -2.34. The van der Waals surface area contributed by atoms with Crippen molar-refractivity contribution in [1.29, 1.82) is 0 Å². The van der Waals surface area contributed by atoms with Gasteiger partial charge in [0.15, 0.2) is 5.96 Å². The number of guanidine groups is 1. The van der Waals surface area contributed by atoms with Crippen LogP contribution >= 0.6 is 24.0 Å². The maximum Gasteiger partial charge on any atom is 0.193 e. The van der Waals surface area contributed by atoms with Crippen molar-refractivity contribution in [1.82, 2.24) is 15.1 Å². The van der Waals surface area contributed by atoms with Crippen LogP contribution < -0.4 is 5.32 Å². The van der Waals surface area contributed by atoms with E-state index in [0.717, 1.165) is 30.9 Å². The fourth-order valence-electron chi connectivity index (χ4n) is 3.81. The Morgan fingerprint density at radius 2 is 1.77 bits per heavy atom. The molecule has 0 aromatic carbocycles. The molecule has 2 rings (SSSR count). The minimum atomic E-state index is 0. The first-order valence-corrected chi connectivity index (χ1v) is 8.94. The number of halogens is 1. The van der Waals surface area contributed by atoms with Gasteiger partial charge < -0.3 is 15.1 Å². The van der Waals surface area contributed by atoms with Crippen LogP contribution in [0.15, 0.2) is 4.99 Å². The first kappa shape index (κ1) is 20.0.